The normalized spacial score (nSPS) is 15.8. The molecular formula is C29H16BrF2NO4. The van der Waals surface area contributed by atoms with Crippen LogP contribution in [0, 0.1) is 11.6 Å². The number of anilines is 1. The van der Waals surface area contributed by atoms with E-state index in [0.717, 1.165) is 32.3 Å². The van der Waals surface area contributed by atoms with Crippen LogP contribution in [0.15, 0.2) is 105 Å². The zero-order chi connectivity index (χ0) is 25.8. The molecule has 2 heterocycles. The zero-order valence-corrected chi connectivity index (χ0v) is 20.5. The van der Waals surface area contributed by atoms with Crippen LogP contribution < -0.4 is 4.90 Å². The minimum atomic E-state index is -1.16. The van der Waals surface area contributed by atoms with Gasteiger partial charge in [0.2, 0.25) is 5.78 Å². The molecule has 1 unspecified atom stereocenters. The summed E-state index contributed by atoms with van der Waals surface area (Å²) in [6.45, 7) is 0. The third-order valence-corrected chi connectivity index (χ3v) is 6.95. The zero-order valence-electron chi connectivity index (χ0n) is 18.9. The number of ketones is 1. The first-order valence-electron chi connectivity index (χ1n) is 11.3. The van der Waals surface area contributed by atoms with Crippen LogP contribution in [0.2, 0.25) is 0 Å². The molecule has 5 nitrogen and oxygen atoms in total. The van der Waals surface area contributed by atoms with Crippen LogP contribution in [0.3, 0.4) is 0 Å². The van der Waals surface area contributed by atoms with Gasteiger partial charge in [-0.3, -0.25) is 14.5 Å². The van der Waals surface area contributed by atoms with Crippen molar-refractivity contribution in [2.24, 2.45) is 0 Å². The molecule has 0 saturated heterocycles. The summed E-state index contributed by atoms with van der Waals surface area (Å²) in [6.07, 6.45) is 0. The van der Waals surface area contributed by atoms with Gasteiger partial charge in [0.05, 0.1) is 11.6 Å². The van der Waals surface area contributed by atoms with E-state index in [0.29, 0.717) is 16.5 Å². The highest BCUT2D eigenvalue weighted by Gasteiger charge is 2.46. The summed E-state index contributed by atoms with van der Waals surface area (Å²) >= 11 is 3.39. The van der Waals surface area contributed by atoms with E-state index in [4.69, 9.17) is 4.42 Å². The number of rotatable bonds is 4. The molecule has 0 spiro atoms. The number of nitrogens with zero attached hydrogens (tertiary/aromatic N) is 1. The monoisotopic (exact) mass is 559 g/mol. The molecule has 0 fully saturated rings. The second kappa shape index (κ2) is 8.67. The van der Waals surface area contributed by atoms with E-state index in [1.54, 1.807) is 30.3 Å². The largest absolute Gasteiger partial charge is 0.503 e. The van der Waals surface area contributed by atoms with E-state index in [-0.39, 0.29) is 17.0 Å². The molecule has 0 radical (unpaired) electrons. The molecule has 5 aromatic rings. The molecule has 6 rings (SSSR count). The van der Waals surface area contributed by atoms with Gasteiger partial charge in [0.15, 0.2) is 23.2 Å². The Kier molecular flexibility index (Phi) is 5.42. The van der Waals surface area contributed by atoms with Gasteiger partial charge in [-0.25, -0.2) is 8.78 Å². The minimum Gasteiger partial charge on any atom is -0.503 e. The van der Waals surface area contributed by atoms with Gasteiger partial charge >= 0.3 is 0 Å². The van der Waals surface area contributed by atoms with Gasteiger partial charge in [-0.05, 0) is 52.7 Å². The summed E-state index contributed by atoms with van der Waals surface area (Å²) in [7, 11) is 0. The summed E-state index contributed by atoms with van der Waals surface area (Å²) in [5, 5.41) is 13.2. The second-order valence-electron chi connectivity index (χ2n) is 8.63. The molecule has 1 atom stereocenters. The average Bonchev–Trinajstić information content (AvgIpc) is 3.43. The van der Waals surface area contributed by atoms with E-state index in [9.17, 15) is 23.5 Å². The number of fused-ring (bicyclic) bond motifs is 2. The lowest BCUT2D eigenvalue weighted by Crippen LogP contribution is -2.31. The predicted octanol–water partition coefficient (Wildman–Crippen LogP) is 7.41. The molecule has 1 N–H and O–H groups in total. The van der Waals surface area contributed by atoms with Gasteiger partial charge in [-0.1, -0.05) is 58.4 Å². The Labute approximate surface area is 217 Å². The number of hydrogen-bond donors (Lipinski definition) is 1. The van der Waals surface area contributed by atoms with E-state index < -0.39 is 35.1 Å². The Balaban J connectivity index is 1.57. The number of aliphatic hydroxyl groups is 1. The molecule has 37 heavy (non-hydrogen) atoms. The van der Waals surface area contributed by atoms with Crippen LogP contribution in [-0.4, -0.2) is 16.8 Å². The molecule has 1 aliphatic heterocycles. The molecule has 1 aliphatic rings. The smallest absolute Gasteiger partial charge is 0.294 e. The first kappa shape index (κ1) is 23.1. The third-order valence-electron chi connectivity index (χ3n) is 6.45. The predicted molar refractivity (Wildman–Crippen MR) is 138 cm³/mol. The maximum Gasteiger partial charge on any atom is 0.294 e. The Hall–Kier alpha value is -4.30. The average molecular weight is 560 g/mol. The number of furan rings is 1. The SMILES string of the molecule is O=C(C1=C(O)C(=O)N(c2ccc(F)c(F)c2)C1c1cccc2ccccc12)c1cc2cc(Br)ccc2o1. The van der Waals surface area contributed by atoms with Crippen LogP contribution in [0.25, 0.3) is 21.7 Å². The van der Waals surface area contributed by atoms with Crippen LogP contribution in [0.5, 0.6) is 0 Å². The van der Waals surface area contributed by atoms with Crippen molar-refractivity contribution in [1.29, 1.82) is 0 Å². The maximum absolute atomic E-state index is 14.2. The van der Waals surface area contributed by atoms with E-state index in [1.165, 1.54) is 12.1 Å². The van der Waals surface area contributed by atoms with Gasteiger partial charge in [0.25, 0.3) is 5.91 Å². The lowest BCUT2D eigenvalue weighted by Gasteiger charge is -2.27. The lowest BCUT2D eigenvalue weighted by molar-refractivity contribution is -0.117. The number of Topliss-reactive ketones (excluding diaryl/α,β-unsaturated/α-hetero) is 1. The van der Waals surface area contributed by atoms with Crippen molar-refractivity contribution in [1.82, 2.24) is 0 Å². The van der Waals surface area contributed by atoms with Crippen molar-refractivity contribution in [2.45, 2.75) is 6.04 Å². The van der Waals surface area contributed by atoms with Gasteiger partial charge in [-0.15, -0.1) is 0 Å². The first-order valence-corrected chi connectivity index (χ1v) is 12.1. The molecule has 0 saturated carbocycles. The molecule has 0 aliphatic carbocycles. The molecule has 8 heteroatoms. The number of halogens is 3. The molecule has 182 valence electrons. The summed E-state index contributed by atoms with van der Waals surface area (Å²) in [5.74, 6) is -4.70. The number of carbonyl (C=O) groups excluding carboxylic acids is 2. The quantitative estimate of drug-likeness (QED) is 0.233. The summed E-state index contributed by atoms with van der Waals surface area (Å²) in [5.41, 5.74) is 0.756. The molecular weight excluding hydrogens is 544 g/mol. The highest BCUT2D eigenvalue weighted by Crippen LogP contribution is 2.44. The first-order chi connectivity index (χ1) is 17.8. The van der Waals surface area contributed by atoms with Gasteiger partial charge in [-0.2, -0.15) is 0 Å². The van der Waals surface area contributed by atoms with Crippen LogP contribution in [0.1, 0.15) is 22.2 Å². The number of benzene rings is 4. The van der Waals surface area contributed by atoms with Crippen molar-refractivity contribution >= 4 is 55.0 Å². The third kappa shape index (κ3) is 3.72. The topological polar surface area (TPSA) is 70.8 Å². The number of carbonyl (C=O) groups is 2. The Morgan fingerprint density at radius 2 is 1.68 bits per heavy atom. The molecule has 1 amide bonds. The van der Waals surface area contributed by atoms with E-state index in [2.05, 4.69) is 15.9 Å². The summed E-state index contributed by atoms with van der Waals surface area (Å²) in [6, 6.07) is 21.4. The standard InChI is InChI=1S/C29H16BrF2NO4/c30-17-8-11-23-16(12-17)13-24(37-23)27(34)25-26(20-7-3-5-15-4-1-2-6-19(15)20)33(29(36)28(25)35)18-9-10-21(31)22(32)14-18/h1-14,26,35H. The van der Waals surface area contributed by atoms with Crippen LogP contribution in [-0.2, 0) is 4.79 Å². The lowest BCUT2D eigenvalue weighted by atomic mass is 9.91. The van der Waals surface area contributed by atoms with Gasteiger partial charge in [0.1, 0.15) is 5.58 Å². The number of aliphatic hydroxyl groups excluding tert-OH is 1. The van der Waals surface area contributed by atoms with Gasteiger partial charge in [0, 0.05) is 21.6 Å². The maximum atomic E-state index is 14.2. The van der Waals surface area contributed by atoms with Gasteiger partial charge < -0.3 is 9.52 Å². The van der Waals surface area contributed by atoms with E-state index >= 15 is 0 Å². The fraction of sp³-hybridized carbons (Fsp3) is 0.0345. The van der Waals surface area contributed by atoms with E-state index in [1.807, 2.05) is 30.3 Å². The molecule has 1 aromatic heterocycles. The minimum absolute atomic E-state index is 0.00952. The van der Waals surface area contributed by atoms with Crippen LogP contribution >= 0.6 is 15.9 Å². The van der Waals surface area contributed by atoms with Crippen molar-refractivity contribution in [3.05, 3.63) is 124 Å². The van der Waals surface area contributed by atoms with Crippen molar-refractivity contribution in [3.63, 3.8) is 0 Å². The Bertz CT molecular complexity index is 1790. The number of amides is 1. The summed E-state index contributed by atoms with van der Waals surface area (Å²) < 4.78 is 34.5. The second-order valence-corrected chi connectivity index (χ2v) is 9.54. The fourth-order valence-electron chi connectivity index (χ4n) is 4.78. The summed E-state index contributed by atoms with van der Waals surface area (Å²) in [4.78, 5) is 28.3. The molecule has 4 aromatic carbocycles. The van der Waals surface area contributed by atoms with Crippen molar-refractivity contribution in [3.8, 4) is 0 Å². The Morgan fingerprint density at radius 1 is 0.892 bits per heavy atom. The van der Waals surface area contributed by atoms with Crippen molar-refractivity contribution in [2.75, 3.05) is 4.90 Å². The fourth-order valence-corrected chi connectivity index (χ4v) is 5.16. The molecule has 0 bridgehead atoms. The van der Waals surface area contributed by atoms with Crippen molar-refractivity contribution < 1.29 is 27.9 Å². The highest BCUT2D eigenvalue weighted by molar-refractivity contribution is 9.10. The highest BCUT2D eigenvalue weighted by atomic mass is 79.9. The van der Waals surface area contributed by atoms with Crippen LogP contribution in [0.4, 0.5) is 14.5 Å². The number of hydrogen-bond acceptors (Lipinski definition) is 4. The Morgan fingerprint density at radius 3 is 2.49 bits per heavy atom.